The quantitative estimate of drug-likeness (QED) is 0.891. The van der Waals surface area contributed by atoms with E-state index in [0.29, 0.717) is 6.54 Å². The molecule has 4 heteroatoms. The lowest BCUT2D eigenvalue weighted by atomic mass is 10.2. The Labute approximate surface area is 91.0 Å². The van der Waals surface area contributed by atoms with Crippen molar-refractivity contribution in [3.8, 4) is 0 Å². The third kappa shape index (κ3) is 1.55. The molecule has 2 N–H and O–H groups in total. The van der Waals surface area contributed by atoms with Crippen LogP contribution in [0.1, 0.15) is 5.56 Å². The lowest BCUT2D eigenvalue weighted by Gasteiger charge is -1.98. The molecule has 0 spiro atoms. The number of nitrogens with zero attached hydrogens (tertiary/aromatic N) is 2. The fourth-order valence-electron chi connectivity index (χ4n) is 1.49. The van der Waals surface area contributed by atoms with E-state index in [2.05, 4.69) is 40.1 Å². The predicted molar refractivity (Wildman–Crippen MR) is 61.2 cm³/mol. The summed E-state index contributed by atoms with van der Waals surface area (Å²) in [6.07, 6.45) is 0. The molecule has 0 aliphatic carbocycles. The monoisotopic (exact) mass is 253 g/mol. The largest absolute Gasteiger partial charge is 0.329 e. The van der Waals surface area contributed by atoms with E-state index >= 15 is 0 Å². The van der Waals surface area contributed by atoms with Crippen molar-refractivity contribution in [1.82, 2.24) is 9.78 Å². The Balaban J connectivity index is 2.62. The van der Waals surface area contributed by atoms with Gasteiger partial charge in [-0.05, 0) is 35.0 Å². The Bertz CT molecular complexity index is 462. The van der Waals surface area contributed by atoms with E-state index in [1.54, 1.807) is 0 Å². The van der Waals surface area contributed by atoms with Gasteiger partial charge in [0, 0.05) is 11.9 Å². The molecule has 0 bridgehead atoms. The highest BCUT2D eigenvalue weighted by molar-refractivity contribution is 9.10. The second-order valence-corrected chi connectivity index (χ2v) is 4.07. The molecule has 0 saturated carbocycles. The van der Waals surface area contributed by atoms with Crippen molar-refractivity contribution in [2.75, 3.05) is 6.54 Å². The zero-order valence-electron chi connectivity index (χ0n) is 8.00. The molecule has 0 amide bonds. The molecule has 0 fully saturated rings. The number of rotatable bonds is 2. The lowest BCUT2D eigenvalue weighted by molar-refractivity contribution is 0.619. The topological polar surface area (TPSA) is 43.8 Å². The Morgan fingerprint density at radius 1 is 1.50 bits per heavy atom. The van der Waals surface area contributed by atoms with Crippen LogP contribution < -0.4 is 5.73 Å². The molecule has 2 rings (SSSR count). The van der Waals surface area contributed by atoms with Gasteiger partial charge in [-0.1, -0.05) is 11.6 Å². The van der Waals surface area contributed by atoms with E-state index in [9.17, 15) is 0 Å². The Morgan fingerprint density at radius 3 is 3.00 bits per heavy atom. The molecular formula is C10H12BrN3. The molecule has 0 radical (unpaired) electrons. The molecule has 0 unspecified atom stereocenters. The molecule has 1 aromatic carbocycles. The van der Waals surface area contributed by atoms with Gasteiger partial charge in [-0.25, -0.2) is 0 Å². The molecule has 3 nitrogen and oxygen atoms in total. The van der Waals surface area contributed by atoms with Gasteiger partial charge in [0.1, 0.15) is 4.60 Å². The van der Waals surface area contributed by atoms with Gasteiger partial charge >= 0.3 is 0 Å². The molecule has 1 aromatic heterocycles. The zero-order chi connectivity index (χ0) is 10.1. The molecule has 2 aromatic rings. The first kappa shape index (κ1) is 9.68. The Hall–Kier alpha value is -0.870. The summed E-state index contributed by atoms with van der Waals surface area (Å²) in [5, 5.41) is 5.58. The average Bonchev–Trinajstić information content (AvgIpc) is 2.46. The number of aryl methyl sites for hydroxylation is 1. The van der Waals surface area contributed by atoms with E-state index in [0.717, 1.165) is 22.1 Å². The van der Waals surface area contributed by atoms with Gasteiger partial charge in [0.15, 0.2) is 0 Å². The second kappa shape index (κ2) is 3.71. The molecular weight excluding hydrogens is 242 g/mol. The summed E-state index contributed by atoms with van der Waals surface area (Å²) in [5.74, 6) is 0. The number of hydrogen-bond acceptors (Lipinski definition) is 2. The minimum atomic E-state index is 0.603. The highest BCUT2D eigenvalue weighted by Gasteiger charge is 2.07. The molecule has 0 atom stereocenters. The van der Waals surface area contributed by atoms with Gasteiger partial charge in [0.05, 0.1) is 12.1 Å². The Kier molecular flexibility index (Phi) is 2.56. The van der Waals surface area contributed by atoms with Crippen LogP contribution in [-0.2, 0) is 6.54 Å². The van der Waals surface area contributed by atoms with Crippen molar-refractivity contribution >= 4 is 26.8 Å². The van der Waals surface area contributed by atoms with Crippen LogP contribution in [-0.4, -0.2) is 16.3 Å². The third-order valence-electron chi connectivity index (χ3n) is 2.17. The summed E-state index contributed by atoms with van der Waals surface area (Å²) in [7, 11) is 0. The summed E-state index contributed by atoms with van der Waals surface area (Å²) in [6, 6.07) is 6.22. The number of aromatic nitrogens is 2. The Morgan fingerprint density at radius 2 is 2.29 bits per heavy atom. The third-order valence-corrected chi connectivity index (χ3v) is 3.01. The number of benzene rings is 1. The minimum absolute atomic E-state index is 0.603. The summed E-state index contributed by atoms with van der Waals surface area (Å²) < 4.78 is 2.91. The lowest BCUT2D eigenvalue weighted by Crippen LogP contribution is -2.10. The van der Waals surface area contributed by atoms with Crippen LogP contribution >= 0.6 is 15.9 Å². The van der Waals surface area contributed by atoms with Crippen LogP contribution in [0.3, 0.4) is 0 Å². The van der Waals surface area contributed by atoms with Crippen LogP contribution in [0.15, 0.2) is 22.8 Å². The zero-order valence-corrected chi connectivity index (χ0v) is 9.58. The van der Waals surface area contributed by atoms with Crippen molar-refractivity contribution in [3.05, 3.63) is 28.4 Å². The van der Waals surface area contributed by atoms with Gasteiger partial charge in [0.2, 0.25) is 0 Å². The first-order chi connectivity index (χ1) is 6.72. The summed E-state index contributed by atoms with van der Waals surface area (Å²) in [4.78, 5) is 0. The van der Waals surface area contributed by atoms with E-state index in [1.807, 2.05) is 10.7 Å². The fraction of sp³-hybridized carbons (Fsp3) is 0.300. The summed E-state index contributed by atoms with van der Waals surface area (Å²) >= 11 is 3.53. The number of halogens is 1. The molecule has 0 aliphatic rings. The smallest absolute Gasteiger partial charge is 0.112 e. The SMILES string of the molecule is Cc1ccc2nn(CCN)c(Br)c2c1. The molecule has 1 heterocycles. The van der Waals surface area contributed by atoms with E-state index in [1.165, 1.54) is 5.56 Å². The molecule has 0 saturated heterocycles. The highest BCUT2D eigenvalue weighted by atomic mass is 79.9. The van der Waals surface area contributed by atoms with E-state index < -0.39 is 0 Å². The van der Waals surface area contributed by atoms with Crippen LogP contribution in [0.5, 0.6) is 0 Å². The van der Waals surface area contributed by atoms with Crippen molar-refractivity contribution in [2.24, 2.45) is 5.73 Å². The second-order valence-electron chi connectivity index (χ2n) is 3.32. The summed E-state index contributed by atoms with van der Waals surface area (Å²) in [6.45, 7) is 3.42. The molecule has 74 valence electrons. The van der Waals surface area contributed by atoms with Gasteiger partial charge < -0.3 is 5.73 Å². The molecule has 14 heavy (non-hydrogen) atoms. The maximum absolute atomic E-state index is 5.50. The number of fused-ring (bicyclic) bond motifs is 1. The average molecular weight is 254 g/mol. The van der Waals surface area contributed by atoms with E-state index in [-0.39, 0.29) is 0 Å². The number of hydrogen-bond donors (Lipinski definition) is 1. The van der Waals surface area contributed by atoms with Crippen LogP contribution in [0.25, 0.3) is 10.9 Å². The molecule has 0 aliphatic heterocycles. The van der Waals surface area contributed by atoms with Crippen molar-refractivity contribution in [2.45, 2.75) is 13.5 Å². The van der Waals surface area contributed by atoms with Gasteiger partial charge in [-0.3, -0.25) is 4.68 Å². The van der Waals surface area contributed by atoms with Gasteiger partial charge in [0.25, 0.3) is 0 Å². The van der Waals surface area contributed by atoms with Crippen molar-refractivity contribution in [1.29, 1.82) is 0 Å². The van der Waals surface area contributed by atoms with Crippen molar-refractivity contribution < 1.29 is 0 Å². The van der Waals surface area contributed by atoms with Crippen LogP contribution in [0, 0.1) is 6.92 Å². The maximum Gasteiger partial charge on any atom is 0.112 e. The van der Waals surface area contributed by atoms with Crippen molar-refractivity contribution in [3.63, 3.8) is 0 Å². The summed E-state index contributed by atoms with van der Waals surface area (Å²) in [5.41, 5.74) is 7.75. The number of nitrogens with two attached hydrogens (primary N) is 1. The van der Waals surface area contributed by atoms with Crippen LogP contribution in [0.2, 0.25) is 0 Å². The van der Waals surface area contributed by atoms with Gasteiger partial charge in [-0.15, -0.1) is 0 Å². The normalized spacial score (nSPS) is 11.1. The first-order valence-corrected chi connectivity index (χ1v) is 5.34. The van der Waals surface area contributed by atoms with Gasteiger partial charge in [-0.2, -0.15) is 5.10 Å². The minimum Gasteiger partial charge on any atom is -0.329 e. The maximum atomic E-state index is 5.50. The first-order valence-electron chi connectivity index (χ1n) is 4.55. The highest BCUT2D eigenvalue weighted by Crippen LogP contribution is 2.24. The standard InChI is InChI=1S/C10H12BrN3/c1-7-2-3-9-8(6-7)10(11)14(13-9)5-4-12/h2-3,6H,4-5,12H2,1H3. The predicted octanol–water partition coefficient (Wildman–Crippen LogP) is 2.07. The van der Waals surface area contributed by atoms with Crippen LogP contribution in [0.4, 0.5) is 0 Å². The fourth-order valence-corrected chi connectivity index (χ4v) is 2.06. The van der Waals surface area contributed by atoms with E-state index in [4.69, 9.17) is 5.73 Å².